The molecule has 4 rings (SSSR count). The molecule has 1 heterocycles. The topological polar surface area (TPSA) is 29.9 Å². The molecule has 0 atom stereocenters. The van der Waals surface area contributed by atoms with Crippen molar-refractivity contribution in [3.05, 3.63) is 99.3 Å². The predicted molar refractivity (Wildman–Crippen MR) is 117 cm³/mol. The molecule has 31 heavy (non-hydrogen) atoms. The van der Waals surface area contributed by atoms with Crippen molar-refractivity contribution in [3.8, 4) is 0 Å². The van der Waals surface area contributed by atoms with Crippen LogP contribution in [0.2, 0.25) is 10.0 Å². The van der Waals surface area contributed by atoms with Crippen LogP contribution in [0.1, 0.15) is 22.5 Å². The number of benzene rings is 3. The summed E-state index contributed by atoms with van der Waals surface area (Å²) in [6, 6.07) is 18.3. The molecule has 0 aliphatic heterocycles. The van der Waals surface area contributed by atoms with E-state index in [1.807, 2.05) is 41.0 Å². The molecule has 0 unspecified atom stereocenters. The lowest BCUT2D eigenvalue weighted by atomic mass is 10.1. The van der Waals surface area contributed by atoms with E-state index in [-0.39, 0.29) is 6.54 Å². The minimum atomic E-state index is -4.36. The minimum Gasteiger partial charge on any atom is -0.322 e. The van der Waals surface area contributed by atoms with E-state index in [0.717, 1.165) is 34.6 Å². The molecule has 0 aliphatic carbocycles. The van der Waals surface area contributed by atoms with Gasteiger partial charge in [-0.25, -0.2) is 4.98 Å². The van der Waals surface area contributed by atoms with Crippen molar-refractivity contribution < 1.29 is 13.2 Å². The number of nitrogens with zero attached hydrogens (tertiary/aromatic N) is 2. The van der Waals surface area contributed by atoms with E-state index in [1.165, 1.54) is 6.07 Å². The van der Waals surface area contributed by atoms with Gasteiger partial charge in [-0.1, -0.05) is 53.5 Å². The van der Waals surface area contributed by atoms with Gasteiger partial charge in [-0.2, -0.15) is 13.2 Å². The summed E-state index contributed by atoms with van der Waals surface area (Å²) in [6.07, 6.45) is -4.36. The fraction of sp³-hybridized carbons (Fsp3) is 0.174. The van der Waals surface area contributed by atoms with Gasteiger partial charge in [0.25, 0.3) is 0 Å². The van der Waals surface area contributed by atoms with Crippen molar-refractivity contribution >= 4 is 34.2 Å². The molecule has 1 aromatic heterocycles. The van der Waals surface area contributed by atoms with Gasteiger partial charge in [-0.05, 0) is 47.5 Å². The van der Waals surface area contributed by atoms with Crippen LogP contribution in [0.4, 0.5) is 13.2 Å². The van der Waals surface area contributed by atoms with Crippen LogP contribution in [0.25, 0.3) is 11.0 Å². The largest absolute Gasteiger partial charge is 0.416 e. The number of rotatable bonds is 6. The van der Waals surface area contributed by atoms with Crippen LogP contribution in [0, 0.1) is 0 Å². The van der Waals surface area contributed by atoms with Crippen LogP contribution in [0.3, 0.4) is 0 Å². The summed E-state index contributed by atoms with van der Waals surface area (Å²) in [4.78, 5) is 4.69. The molecule has 4 aromatic rings. The molecule has 0 aliphatic rings. The maximum atomic E-state index is 12.9. The van der Waals surface area contributed by atoms with Gasteiger partial charge in [0.05, 0.1) is 23.1 Å². The van der Waals surface area contributed by atoms with E-state index in [0.29, 0.717) is 28.7 Å². The van der Waals surface area contributed by atoms with Gasteiger partial charge >= 0.3 is 6.18 Å². The second-order valence-corrected chi connectivity index (χ2v) is 8.05. The summed E-state index contributed by atoms with van der Waals surface area (Å²) in [7, 11) is 0. The summed E-state index contributed by atoms with van der Waals surface area (Å²) >= 11 is 12.3. The summed E-state index contributed by atoms with van der Waals surface area (Å²) in [5.41, 5.74) is 2.57. The molecule has 0 saturated carbocycles. The quantitative estimate of drug-likeness (QED) is 0.344. The van der Waals surface area contributed by atoms with Crippen LogP contribution in [0.15, 0.2) is 66.7 Å². The maximum absolute atomic E-state index is 12.9. The highest BCUT2D eigenvalue weighted by Gasteiger charge is 2.30. The van der Waals surface area contributed by atoms with Crippen LogP contribution in [-0.2, 0) is 25.8 Å². The number of aromatic nitrogens is 2. The van der Waals surface area contributed by atoms with Gasteiger partial charge in [-0.15, -0.1) is 0 Å². The van der Waals surface area contributed by atoms with Crippen molar-refractivity contribution in [1.82, 2.24) is 14.9 Å². The Balaban J connectivity index is 1.57. The third-order valence-electron chi connectivity index (χ3n) is 4.89. The van der Waals surface area contributed by atoms with Gasteiger partial charge < -0.3 is 9.88 Å². The Bertz CT molecular complexity index is 1220. The Kier molecular flexibility index (Phi) is 6.23. The van der Waals surface area contributed by atoms with Gasteiger partial charge in [-0.3, -0.25) is 0 Å². The van der Waals surface area contributed by atoms with Crippen molar-refractivity contribution in [2.45, 2.75) is 25.8 Å². The Labute approximate surface area is 187 Å². The van der Waals surface area contributed by atoms with Crippen molar-refractivity contribution in [2.75, 3.05) is 0 Å². The van der Waals surface area contributed by atoms with Gasteiger partial charge in [0.2, 0.25) is 0 Å². The smallest absolute Gasteiger partial charge is 0.322 e. The van der Waals surface area contributed by atoms with E-state index in [1.54, 1.807) is 12.1 Å². The second kappa shape index (κ2) is 8.91. The maximum Gasteiger partial charge on any atom is 0.416 e. The van der Waals surface area contributed by atoms with Crippen LogP contribution >= 0.6 is 23.2 Å². The lowest BCUT2D eigenvalue weighted by molar-refractivity contribution is -0.137. The third-order valence-corrected chi connectivity index (χ3v) is 5.36. The van der Waals surface area contributed by atoms with Gasteiger partial charge in [0.1, 0.15) is 5.82 Å². The molecule has 0 spiro atoms. The summed E-state index contributed by atoms with van der Waals surface area (Å²) in [5, 5.41) is 4.44. The first-order chi connectivity index (χ1) is 14.8. The predicted octanol–water partition coefficient (Wildman–Crippen LogP) is 6.70. The van der Waals surface area contributed by atoms with E-state index in [2.05, 4.69) is 10.3 Å². The first-order valence-corrected chi connectivity index (χ1v) is 10.3. The Morgan fingerprint density at radius 1 is 0.839 bits per heavy atom. The lowest BCUT2D eigenvalue weighted by Gasteiger charge is -2.12. The van der Waals surface area contributed by atoms with Crippen LogP contribution in [0.5, 0.6) is 0 Å². The summed E-state index contributed by atoms with van der Waals surface area (Å²) in [5.74, 6) is 0.754. The Morgan fingerprint density at radius 2 is 1.58 bits per heavy atom. The van der Waals surface area contributed by atoms with Crippen molar-refractivity contribution in [1.29, 1.82) is 0 Å². The zero-order valence-corrected chi connectivity index (χ0v) is 17.8. The average molecular weight is 464 g/mol. The standard InChI is InChI=1S/C23H18Cl2F3N3/c24-18-6-2-4-16(10-18)14-31-21-11-19(25)7-8-20(21)30-22(31)13-29-12-15-3-1-5-17(9-15)23(26,27)28/h1-11,29H,12-14H2. The molecular weight excluding hydrogens is 446 g/mol. The number of hydrogen-bond acceptors (Lipinski definition) is 2. The average Bonchev–Trinajstić information content (AvgIpc) is 3.04. The highest BCUT2D eigenvalue weighted by atomic mass is 35.5. The number of hydrogen-bond donors (Lipinski definition) is 1. The SMILES string of the molecule is FC(F)(F)c1cccc(CNCc2nc3ccc(Cl)cc3n2Cc2cccc(Cl)c2)c1. The van der Waals surface area contributed by atoms with Crippen LogP contribution in [-0.4, -0.2) is 9.55 Å². The van der Waals surface area contributed by atoms with Crippen molar-refractivity contribution in [3.63, 3.8) is 0 Å². The molecule has 3 nitrogen and oxygen atoms in total. The number of fused-ring (bicyclic) bond motifs is 1. The second-order valence-electron chi connectivity index (χ2n) is 7.18. The fourth-order valence-electron chi connectivity index (χ4n) is 3.45. The number of nitrogens with one attached hydrogen (secondary N) is 1. The molecule has 1 N–H and O–H groups in total. The van der Waals surface area contributed by atoms with E-state index in [9.17, 15) is 13.2 Å². The molecule has 0 bridgehead atoms. The zero-order chi connectivity index (χ0) is 22.0. The lowest BCUT2D eigenvalue weighted by Crippen LogP contribution is -2.17. The normalized spacial score (nSPS) is 11.9. The Morgan fingerprint density at radius 3 is 2.35 bits per heavy atom. The third kappa shape index (κ3) is 5.21. The highest BCUT2D eigenvalue weighted by Crippen LogP contribution is 2.29. The molecule has 3 aromatic carbocycles. The van der Waals surface area contributed by atoms with Crippen LogP contribution < -0.4 is 5.32 Å². The van der Waals surface area contributed by atoms with E-state index < -0.39 is 11.7 Å². The summed E-state index contributed by atoms with van der Waals surface area (Å²) in [6.45, 7) is 1.20. The van der Waals surface area contributed by atoms with Crippen molar-refractivity contribution in [2.24, 2.45) is 0 Å². The number of halogens is 5. The van der Waals surface area contributed by atoms with Gasteiger partial charge in [0, 0.05) is 23.1 Å². The first-order valence-electron chi connectivity index (χ1n) is 9.55. The zero-order valence-electron chi connectivity index (χ0n) is 16.3. The highest BCUT2D eigenvalue weighted by molar-refractivity contribution is 6.31. The molecule has 0 saturated heterocycles. The minimum absolute atomic E-state index is 0.283. The molecule has 0 fully saturated rings. The number of imidazole rings is 1. The molecule has 8 heteroatoms. The monoisotopic (exact) mass is 463 g/mol. The molecule has 160 valence electrons. The van der Waals surface area contributed by atoms with Gasteiger partial charge in [0.15, 0.2) is 0 Å². The molecule has 0 radical (unpaired) electrons. The number of alkyl halides is 3. The fourth-order valence-corrected chi connectivity index (χ4v) is 3.83. The van der Waals surface area contributed by atoms with E-state index in [4.69, 9.17) is 23.2 Å². The molecule has 0 amide bonds. The summed E-state index contributed by atoms with van der Waals surface area (Å²) < 4.78 is 40.9. The Hall–Kier alpha value is -2.54. The van der Waals surface area contributed by atoms with E-state index >= 15 is 0 Å². The first kappa shape index (κ1) is 21.7. The molecular formula is C23H18Cl2F3N3.